The summed E-state index contributed by atoms with van der Waals surface area (Å²) in [6, 6.07) is 9.23. The molecule has 0 saturated heterocycles. The quantitative estimate of drug-likeness (QED) is 0.735. The first kappa shape index (κ1) is 15.5. The third-order valence-corrected chi connectivity index (χ3v) is 2.87. The van der Waals surface area contributed by atoms with E-state index in [2.05, 4.69) is 9.97 Å². The predicted molar refractivity (Wildman–Crippen MR) is 79.7 cm³/mol. The summed E-state index contributed by atoms with van der Waals surface area (Å²) in [6.45, 7) is 3.19. The van der Waals surface area contributed by atoms with E-state index in [9.17, 15) is 0 Å². The highest BCUT2D eigenvalue weighted by molar-refractivity contribution is 6.29. The Kier molecular flexibility index (Phi) is 5.78. The van der Waals surface area contributed by atoms with Crippen molar-refractivity contribution >= 4 is 11.6 Å². The van der Waals surface area contributed by atoms with Crippen LogP contribution >= 0.6 is 11.6 Å². The summed E-state index contributed by atoms with van der Waals surface area (Å²) in [6.07, 6.45) is 0. The molecule has 1 aromatic heterocycles. The highest BCUT2D eigenvalue weighted by Crippen LogP contribution is 2.17. The lowest BCUT2D eigenvalue weighted by Crippen LogP contribution is -2.03. The molecular weight excluding hydrogens is 292 g/mol. The number of ether oxygens (including phenoxy) is 3. The van der Waals surface area contributed by atoms with E-state index in [0.29, 0.717) is 36.7 Å². The lowest BCUT2D eigenvalue weighted by Gasteiger charge is -2.08. The maximum Gasteiger partial charge on any atom is 0.218 e. The molecule has 0 saturated carbocycles. The van der Waals surface area contributed by atoms with Crippen LogP contribution in [0.5, 0.6) is 11.6 Å². The summed E-state index contributed by atoms with van der Waals surface area (Å²) < 4.78 is 16.1. The van der Waals surface area contributed by atoms with Gasteiger partial charge >= 0.3 is 0 Å². The molecule has 0 fully saturated rings. The molecular formula is C15H17ClN2O3. The number of hydrogen-bond acceptors (Lipinski definition) is 5. The second kappa shape index (κ2) is 7.81. The van der Waals surface area contributed by atoms with Crippen LogP contribution in [0.15, 0.2) is 30.3 Å². The molecule has 0 atom stereocenters. The Hall–Kier alpha value is -1.85. The van der Waals surface area contributed by atoms with Crippen molar-refractivity contribution in [1.82, 2.24) is 9.97 Å². The van der Waals surface area contributed by atoms with Gasteiger partial charge in [0.25, 0.3) is 0 Å². The van der Waals surface area contributed by atoms with E-state index in [-0.39, 0.29) is 0 Å². The highest BCUT2D eigenvalue weighted by Gasteiger charge is 2.05. The normalized spacial score (nSPS) is 10.4. The Morgan fingerprint density at radius 3 is 2.76 bits per heavy atom. The fourth-order valence-electron chi connectivity index (χ4n) is 1.69. The van der Waals surface area contributed by atoms with E-state index in [1.54, 1.807) is 13.2 Å². The van der Waals surface area contributed by atoms with Gasteiger partial charge in [0.15, 0.2) is 5.82 Å². The van der Waals surface area contributed by atoms with Crippen LogP contribution in [0.2, 0.25) is 5.15 Å². The molecule has 0 bridgehead atoms. The Bertz CT molecular complexity index is 593. The van der Waals surface area contributed by atoms with Gasteiger partial charge in [0.1, 0.15) is 24.1 Å². The summed E-state index contributed by atoms with van der Waals surface area (Å²) >= 11 is 5.95. The molecule has 0 aliphatic rings. The fraction of sp³-hybridized carbons (Fsp3) is 0.333. The van der Waals surface area contributed by atoms with Crippen molar-refractivity contribution < 1.29 is 14.2 Å². The Morgan fingerprint density at radius 1 is 1.14 bits per heavy atom. The van der Waals surface area contributed by atoms with Gasteiger partial charge < -0.3 is 14.2 Å². The highest BCUT2D eigenvalue weighted by atomic mass is 35.5. The summed E-state index contributed by atoms with van der Waals surface area (Å²) in [7, 11) is 1.63. The van der Waals surface area contributed by atoms with Gasteiger partial charge in [0, 0.05) is 12.7 Å². The molecule has 0 aliphatic carbocycles. The van der Waals surface area contributed by atoms with Gasteiger partial charge in [0.2, 0.25) is 5.88 Å². The molecule has 2 aromatic rings. The Balaban J connectivity index is 2.03. The maximum absolute atomic E-state index is 5.95. The first-order chi connectivity index (χ1) is 10.2. The smallest absolute Gasteiger partial charge is 0.218 e. The van der Waals surface area contributed by atoms with Gasteiger partial charge in [-0.1, -0.05) is 23.7 Å². The van der Waals surface area contributed by atoms with Crippen molar-refractivity contribution in [3.8, 4) is 11.6 Å². The molecule has 0 unspecified atom stereocenters. The number of halogens is 1. The number of hydrogen-bond donors (Lipinski definition) is 0. The minimum atomic E-state index is 0.312. The SMILES string of the molecule is CCOCc1nc(Cl)cc(OCc2cccc(OC)c2)n1. The standard InChI is InChI=1S/C15H17ClN2O3/c1-3-20-10-14-17-13(16)8-15(18-14)21-9-11-5-4-6-12(7-11)19-2/h4-8H,3,9-10H2,1-2H3. The van der Waals surface area contributed by atoms with Gasteiger partial charge in [-0.2, -0.15) is 4.98 Å². The molecule has 112 valence electrons. The van der Waals surface area contributed by atoms with Crippen LogP contribution < -0.4 is 9.47 Å². The van der Waals surface area contributed by atoms with Crippen LogP contribution in [-0.2, 0) is 18.0 Å². The minimum Gasteiger partial charge on any atom is -0.497 e. The van der Waals surface area contributed by atoms with Gasteiger partial charge in [-0.15, -0.1) is 0 Å². The number of nitrogens with zero attached hydrogens (tertiary/aromatic N) is 2. The molecule has 0 spiro atoms. The molecule has 6 heteroatoms. The first-order valence-electron chi connectivity index (χ1n) is 6.58. The van der Waals surface area contributed by atoms with Gasteiger partial charge in [-0.3, -0.25) is 0 Å². The molecule has 0 aliphatic heterocycles. The van der Waals surface area contributed by atoms with E-state index in [1.807, 2.05) is 31.2 Å². The van der Waals surface area contributed by atoms with E-state index in [0.717, 1.165) is 11.3 Å². The van der Waals surface area contributed by atoms with Crippen molar-refractivity contribution in [1.29, 1.82) is 0 Å². The van der Waals surface area contributed by atoms with E-state index in [4.69, 9.17) is 25.8 Å². The fourth-order valence-corrected chi connectivity index (χ4v) is 1.88. The molecule has 0 amide bonds. The lowest BCUT2D eigenvalue weighted by atomic mass is 10.2. The van der Waals surface area contributed by atoms with Crippen molar-refractivity contribution in [3.05, 3.63) is 46.9 Å². The zero-order valence-electron chi connectivity index (χ0n) is 12.0. The molecule has 0 N–H and O–H groups in total. The average Bonchev–Trinajstić information content (AvgIpc) is 2.50. The topological polar surface area (TPSA) is 53.5 Å². The minimum absolute atomic E-state index is 0.312. The van der Waals surface area contributed by atoms with Crippen LogP contribution in [0, 0.1) is 0 Å². The number of benzene rings is 1. The van der Waals surface area contributed by atoms with E-state index in [1.165, 1.54) is 0 Å². The van der Waals surface area contributed by atoms with Crippen LogP contribution in [-0.4, -0.2) is 23.7 Å². The molecule has 1 heterocycles. The summed E-state index contributed by atoms with van der Waals surface area (Å²) in [5.41, 5.74) is 0.982. The molecule has 1 aromatic carbocycles. The zero-order chi connectivity index (χ0) is 15.1. The van der Waals surface area contributed by atoms with Crippen LogP contribution in [0.1, 0.15) is 18.3 Å². The van der Waals surface area contributed by atoms with Crippen molar-refractivity contribution in [3.63, 3.8) is 0 Å². The van der Waals surface area contributed by atoms with Crippen LogP contribution in [0.3, 0.4) is 0 Å². The summed E-state index contributed by atoms with van der Waals surface area (Å²) in [4.78, 5) is 8.34. The van der Waals surface area contributed by atoms with Crippen LogP contribution in [0.25, 0.3) is 0 Å². The molecule has 2 rings (SSSR count). The molecule has 21 heavy (non-hydrogen) atoms. The van der Waals surface area contributed by atoms with Gasteiger partial charge in [0.05, 0.1) is 7.11 Å². The monoisotopic (exact) mass is 308 g/mol. The Morgan fingerprint density at radius 2 is 2.00 bits per heavy atom. The van der Waals surface area contributed by atoms with E-state index < -0.39 is 0 Å². The lowest BCUT2D eigenvalue weighted by molar-refractivity contribution is 0.127. The second-order valence-electron chi connectivity index (χ2n) is 4.22. The third-order valence-electron chi connectivity index (χ3n) is 2.67. The van der Waals surface area contributed by atoms with Crippen molar-refractivity contribution in [2.24, 2.45) is 0 Å². The third kappa shape index (κ3) is 4.88. The first-order valence-corrected chi connectivity index (χ1v) is 6.96. The molecule has 5 nitrogen and oxygen atoms in total. The largest absolute Gasteiger partial charge is 0.497 e. The molecule has 0 radical (unpaired) electrons. The predicted octanol–water partition coefficient (Wildman–Crippen LogP) is 3.25. The average molecular weight is 309 g/mol. The van der Waals surface area contributed by atoms with Crippen molar-refractivity contribution in [2.45, 2.75) is 20.1 Å². The number of rotatable bonds is 7. The number of methoxy groups -OCH3 is 1. The summed E-state index contributed by atoms with van der Waals surface area (Å²) in [5.74, 6) is 1.71. The zero-order valence-corrected chi connectivity index (χ0v) is 12.8. The summed E-state index contributed by atoms with van der Waals surface area (Å²) in [5, 5.41) is 0.334. The second-order valence-corrected chi connectivity index (χ2v) is 4.61. The van der Waals surface area contributed by atoms with Crippen LogP contribution in [0.4, 0.5) is 0 Å². The van der Waals surface area contributed by atoms with Crippen molar-refractivity contribution in [2.75, 3.05) is 13.7 Å². The number of aromatic nitrogens is 2. The Labute approximate surface area is 128 Å². The maximum atomic E-state index is 5.95. The van der Waals surface area contributed by atoms with E-state index >= 15 is 0 Å². The van der Waals surface area contributed by atoms with Gasteiger partial charge in [-0.05, 0) is 24.6 Å². The van der Waals surface area contributed by atoms with Gasteiger partial charge in [-0.25, -0.2) is 4.98 Å².